The molecule has 0 aliphatic rings. The van der Waals surface area contributed by atoms with E-state index < -0.39 is 5.76 Å². The van der Waals surface area contributed by atoms with E-state index in [-0.39, 0.29) is 18.4 Å². The van der Waals surface area contributed by atoms with Crippen molar-refractivity contribution in [2.75, 3.05) is 12.4 Å². The molecular formula is C15H19N3O4. The second-order valence-electron chi connectivity index (χ2n) is 5.30. The molecule has 0 atom stereocenters. The number of methoxy groups -OCH3 is 1. The fourth-order valence-electron chi connectivity index (χ4n) is 2.09. The van der Waals surface area contributed by atoms with Crippen molar-refractivity contribution in [2.24, 2.45) is 0 Å². The van der Waals surface area contributed by atoms with Gasteiger partial charge in [0.1, 0.15) is 12.3 Å². The maximum Gasteiger partial charge on any atom is 0.442 e. The maximum atomic E-state index is 12.2. The summed E-state index contributed by atoms with van der Waals surface area (Å²) in [7, 11) is 1.53. The van der Waals surface area contributed by atoms with Crippen LogP contribution in [0.1, 0.15) is 31.2 Å². The van der Waals surface area contributed by atoms with Crippen molar-refractivity contribution in [3.8, 4) is 5.75 Å². The third-order valence-electron chi connectivity index (χ3n) is 3.16. The molecule has 0 radical (unpaired) electrons. The summed E-state index contributed by atoms with van der Waals surface area (Å²) in [4.78, 5) is 23.8. The summed E-state index contributed by atoms with van der Waals surface area (Å²) in [5.74, 6) is -0.0176. The van der Waals surface area contributed by atoms with Gasteiger partial charge in [-0.05, 0) is 24.6 Å². The lowest BCUT2D eigenvalue weighted by Crippen LogP contribution is -2.27. The molecular weight excluding hydrogens is 286 g/mol. The summed E-state index contributed by atoms with van der Waals surface area (Å²) in [6, 6.07) is 5.46. The number of hydrogen-bond donors (Lipinski definition) is 1. The van der Waals surface area contributed by atoms with E-state index in [0.29, 0.717) is 17.3 Å². The summed E-state index contributed by atoms with van der Waals surface area (Å²) in [5, 5.41) is 6.43. The number of benzene rings is 1. The zero-order valence-electron chi connectivity index (χ0n) is 13.0. The number of nitrogens with one attached hydrogen (secondary N) is 1. The lowest BCUT2D eigenvalue weighted by molar-refractivity contribution is -0.116. The normalized spacial score (nSPS) is 10.8. The molecule has 1 aromatic carbocycles. The van der Waals surface area contributed by atoms with Crippen molar-refractivity contribution in [3.05, 3.63) is 40.1 Å². The summed E-state index contributed by atoms with van der Waals surface area (Å²) >= 11 is 0. The molecule has 0 fully saturated rings. The number of carbonyl (C=O) groups is 1. The van der Waals surface area contributed by atoms with Gasteiger partial charge in [-0.3, -0.25) is 13.9 Å². The fourth-order valence-corrected chi connectivity index (χ4v) is 2.09. The maximum absolute atomic E-state index is 12.2. The Morgan fingerprint density at radius 1 is 1.45 bits per heavy atom. The monoisotopic (exact) mass is 305 g/mol. The van der Waals surface area contributed by atoms with E-state index in [2.05, 4.69) is 15.0 Å². The molecule has 0 bridgehead atoms. The lowest BCUT2D eigenvalue weighted by atomic mass is 10.2. The minimum absolute atomic E-state index is 0.0206. The smallest absolute Gasteiger partial charge is 0.442 e. The fraction of sp³-hybridized carbons (Fsp3) is 0.400. The van der Waals surface area contributed by atoms with Gasteiger partial charge < -0.3 is 10.1 Å². The zero-order chi connectivity index (χ0) is 16.3. The van der Waals surface area contributed by atoms with Crippen molar-refractivity contribution >= 4 is 11.6 Å². The predicted octanol–water partition coefficient (Wildman–Crippen LogP) is 1.92. The van der Waals surface area contributed by atoms with Gasteiger partial charge in [0.2, 0.25) is 5.91 Å². The molecule has 1 heterocycles. The van der Waals surface area contributed by atoms with Crippen LogP contribution in [0.3, 0.4) is 0 Å². The Labute approximate surface area is 127 Å². The highest BCUT2D eigenvalue weighted by molar-refractivity contribution is 5.92. The van der Waals surface area contributed by atoms with Gasteiger partial charge in [-0.1, -0.05) is 25.1 Å². The van der Waals surface area contributed by atoms with Crippen LogP contribution in [0.5, 0.6) is 5.75 Å². The number of aromatic nitrogens is 2. The van der Waals surface area contributed by atoms with E-state index in [1.165, 1.54) is 11.7 Å². The molecule has 0 unspecified atom stereocenters. The molecule has 0 aliphatic carbocycles. The average molecular weight is 305 g/mol. The number of nitrogens with zero attached hydrogens (tertiary/aromatic N) is 2. The topological polar surface area (TPSA) is 86.4 Å². The van der Waals surface area contributed by atoms with Crippen LogP contribution < -0.4 is 15.8 Å². The Bertz CT molecular complexity index is 731. The first-order valence-corrected chi connectivity index (χ1v) is 6.93. The van der Waals surface area contributed by atoms with Gasteiger partial charge in [-0.2, -0.15) is 0 Å². The summed E-state index contributed by atoms with van der Waals surface area (Å²) in [5.41, 5.74) is 1.55. The molecule has 7 nitrogen and oxygen atoms in total. The third-order valence-corrected chi connectivity index (χ3v) is 3.16. The number of aryl methyl sites for hydroxylation is 1. The second-order valence-corrected chi connectivity index (χ2v) is 5.30. The molecule has 0 saturated heterocycles. The van der Waals surface area contributed by atoms with Crippen LogP contribution in [0.4, 0.5) is 5.69 Å². The van der Waals surface area contributed by atoms with E-state index in [9.17, 15) is 9.59 Å². The Kier molecular flexibility index (Phi) is 4.65. The Morgan fingerprint density at radius 2 is 2.18 bits per heavy atom. The highest BCUT2D eigenvalue weighted by atomic mass is 16.5. The Morgan fingerprint density at radius 3 is 2.82 bits per heavy atom. The number of rotatable bonds is 5. The molecule has 7 heteroatoms. The van der Waals surface area contributed by atoms with Crippen LogP contribution in [-0.2, 0) is 11.3 Å². The van der Waals surface area contributed by atoms with Gasteiger partial charge in [0, 0.05) is 5.92 Å². The van der Waals surface area contributed by atoms with Gasteiger partial charge in [0.15, 0.2) is 5.82 Å². The van der Waals surface area contributed by atoms with E-state index >= 15 is 0 Å². The van der Waals surface area contributed by atoms with Crippen molar-refractivity contribution in [1.82, 2.24) is 9.72 Å². The Hall–Kier alpha value is -2.57. The third kappa shape index (κ3) is 3.36. The predicted molar refractivity (Wildman–Crippen MR) is 81.2 cm³/mol. The number of amides is 1. The summed E-state index contributed by atoms with van der Waals surface area (Å²) < 4.78 is 11.1. The lowest BCUT2D eigenvalue weighted by Gasteiger charge is -2.12. The molecule has 22 heavy (non-hydrogen) atoms. The van der Waals surface area contributed by atoms with Crippen LogP contribution >= 0.6 is 0 Å². The second kappa shape index (κ2) is 6.46. The van der Waals surface area contributed by atoms with Crippen molar-refractivity contribution in [2.45, 2.75) is 33.2 Å². The molecule has 1 aromatic heterocycles. The quantitative estimate of drug-likeness (QED) is 0.912. The molecule has 2 rings (SSSR count). The highest BCUT2D eigenvalue weighted by Gasteiger charge is 2.17. The van der Waals surface area contributed by atoms with Crippen molar-refractivity contribution in [3.63, 3.8) is 0 Å². The van der Waals surface area contributed by atoms with Crippen LogP contribution in [0.2, 0.25) is 0 Å². The van der Waals surface area contributed by atoms with E-state index in [1.807, 2.05) is 26.8 Å². The molecule has 1 N–H and O–H groups in total. The SMILES string of the molecule is COc1ccc(C)cc1NC(=O)Cn1c(C(C)C)noc1=O. The van der Waals surface area contributed by atoms with Gasteiger partial charge in [-0.15, -0.1) is 0 Å². The average Bonchev–Trinajstić information content (AvgIpc) is 2.80. The minimum Gasteiger partial charge on any atom is -0.495 e. The van der Waals surface area contributed by atoms with Crippen LogP contribution in [0, 0.1) is 6.92 Å². The van der Waals surface area contributed by atoms with E-state index in [0.717, 1.165) is 5.56 Å². The van der Waals surface area contributed by atoms with Gasteiger partial charge >= 0.3 is 5.76 Å². The number of ether oxygens (including phenoxy) is 1. The van der Waals surface area contributed by atoms with Crippen LogP contribution in [-0.4, -0.2) is 22.7 Å². The first-order chi connectivity index (χ1) is 10.4. The van der Waals surface area contributed by atoms with E-state index in [1.54, 1.807) is 12.1 Å². The van der Waals surface area contributed by atoms with Crippen molar-refractivity contribution in [1.29, 1.82) is 0 Å². The molecule has 2 aromatic rings. The Balaban J connectivity index is 2.19. The highest BCUT2D eigenvalue weighted by Crippen LogP contribution is 2.25. The number of anilines is 1. The van der Waals surface area contributed by atoms with Gasteiger partial charge in [0.05, 0.1) is 12.8 Å². The molecule has 118 valence electrons. The van der Waals surface area contributed by atoms with Crippen LogP contribution in [0.15, 0.2) is 27.5 Å². The van der Waals surface area contributed by atoms with Gasteiger partial charge in [-0.25, -0.2) is 4.79 Å². The summed E-state index contributed by atoms with van der Waals surface area (Å²) in [6.45, 7) is 5.49. The molecule has 0 spiro atoms. The van der Waals surface area contributed by atoms with E-state index in [4.69, 9.17) is 4.74 Å². The van der Waals surface area contributed by atoms with Crippen molar-refractivity contribution < 1.29 is 14.1 Å². The standard InChI is InChI=1S/C15H19N3O4/c1-9(2)14-17-22-15(20)18(14)8-13(19)16-11-7-10(3)5-6-12(11)21-4/h5-7,9H,8H2,1-4H3,(H,16,19). The van der Waals surface area contributed by atoms with Gasteiger partial charge in [0.25, 0.3) is 0 Å². The largest absolute Gasteiger partial charge is 0.495 e. The number of carbonyl (C=O) groups excluding carboxylic acids is 1. The first-order valence-electron chi connectivity index (χ1n) is 6.93. The van der Waals surface area contributed by atoms with Crippen LogP contribution in [0.25, 0.3) is 0 Å². The summed E-state index contributed by atoms with van der Waals surface area (Å²) in [6.07, 6.45) is 0. The minimum atomic E-state index is -0.643. The zero-order valence-corrected chi connectivity index (χ0v) is 13.0. The first kappa shape index (κ1) is 15.8. The molecule has 0 saturated carbocycles. The number of hydrogen-bond acceptors (Lipinski definition) is 5. The molecule has 1 amide bonds. The molecule has 0 aliphatic heterocycles.